The molecule has 0 radical (unpaired) electrons. The summed E-state index contributed by atoms with van der Waals surface area (Å²) in [4.78, 5) is 0. The van der Waals surface area contributed by atoms with E-state index in [4.69, 9.17) is 0 Å². The van der Waals surface area contributed by atoms with Gasteiger partial charge in [0.15, 0.2) is 0 Å². The second-order valence-electron chi connectivity index (χ2n) is 4.58. The van der Waals surface area contributed by atoms with Crippen molar-refractivity contribution in [2.45, 2.75) is 25.2 Å². The Morgan fingerprint density at radius 1 is 1.24 bits per heavy atom. The highest BCUT2D eigenvalue weighted by Gasteiger charge is 2.36. The number of piperidine rings is 1. The van der Waals surface area contributed by atoms with Crippen LogP contribution in [-0.4, -0.2) is 13.1 Å². The van der Waals surface area contributed by atoms with Gasteiger partial charge in [0.2, 0.25) is 0 Å². The molecule has 2 rings (SSSR count). The lowest BCUT2D eigenvalue weighted by Gasteiger charge is -2.27. The SMILES string of the molecule is FC(F)(CC1CCNCC1)c1ccccc1Br. The van der Waals surface area contributed by atoms with Gasteiger partial charge in [0.25, 0.3) is 5.92 Å². The average molecular weight is 304 g/mol. The minimum atomic E-state index is -2.73. The van der Waals surface area contributed by atoms with Gasteiger partial charge in [-0.3, -0.25) is 0 Å². The highest BCUT2D eigenvalue weighted by atomic mass is 79.9. The lowest BCUT2D eigenvalue weighted by Crippen LogP contribution is -2.31. The first-order valence-corrected chi connectivity index (χ1v) is 6.72. The van der Waals surface area contributed by atoms with E-state index in [1.807, 2.05) is 0 Å². The molecule has 1 aromatic rings. The first-order chi connectivity index (χ1) is 8.09. The lowest BCUT2D eigenvalue weighted by atomic mass is 9.89. The van der Waals surface area contributed by atoms with Crippen molar-refractivity contribution in [1.82, 2.24) is 5.32 Å². The summed E-state index contributed by atoms with van der Waals surface area (Å²) in [5, 5.41) is 3.20. The highest BCUT2D eigenvalue weighted by molar-refractivity contribution is 9.10. The van der Waals surface area contributed by atoms with Gasteiger partial charge in [-0.2, -0.15) is 0 Å². The van der Waals surface area contributed by atoms with Crippen LogP contribution in [-0.2, 0) is 5.92 Å². The Labute approximate surface area is 109 Å². The molecule has 1 aliphatic heterocycles. The van der Waals surface area contributed by atoms with Gasteiger partial charge in [0.1, 0.15) is 0 Å². The molecule has 0 spiro atoms. The Bertz CT molecular complexity index is 375. The molecule has 1 saturated heterocycles. The largest absolute Gasteiger partial charge is 0.317 e. The molecular formula is C13H16BrF2N. The predicted octanol–water partition coefficient (Wildman–Crippen LogP) is 3.93. The van der Waals surface area contributed by atoms with E-state index < -0.39 is 5.92 Å². The molecule has 0 atom stereocenters. The Hall–Kier alpha value is -0.480. The fourth-order valence-electron chi connectivity index (χ4n) is 2.32. The number of alkyl halides is 2. The summed E-state index contributed by atoms with van der Waals surface area (Å²) in [5.74, 6) is -2.61. The van der Waals surface area contributed by atoms with Gasteiger partial charge < -0.3 is 5.32 Å². The summed E-state index contributed by atoms with van der Waals surface area (Å²) in [6.45, 7) is 1.72. The van der Waals surface area contributed by atoms with E-state index in [1.165, 1.54) is 6.07 Å². The molecule has 4 heteroatoms. The van der Waals surface area contributed by atoms with Crippen LogP contribution in [0.2, 0.25) is 0 Å². The minimum absolute atomic E-state index is 0.0444. The zero-order valence-electron chi connectivity index (χ0n) is 9.56. The fourth-order valence-corrected chi connectivity index (χ4v) is 2.89. The van der Waals surface area contributed by atoms with E-state index in [9.17, 15) is 8.78 Å². The van der Waals surface area contributed by atoms with E-state index in [-0.39, 0.29) is 17.9 Å². The molecule has 1 nitrogen and oxygen atoms in total. The molecule has 17 heavy (non-hydrogen) atoms. The molecule has 1 N–H and O–H groups in total. The summed E-state index contributed by atoms with van der Waals surface area (Å²) in [6, 6.07) is 6.60. The van der Waals surface area contributed by atoms with Crippen LogP contribution in [0, 0.1) is 5.92 Å². The van der Waals surface area contributed by atoms with Gasteiger partial charge in [-0.05, 0) is 37.9 Å². The zero-order chi connectivity index (χ0) is 12.3. The molecule has 1 fully saturated rings. The highest BCUT2D eigenvalue weighted by Crippen LogP contribution is 2.40. The normalized spacial score (nSPS) is 18.3. The van der Waals surface area contributed by atoms with Gasteiger partial charge in [-0.15, -0.1) is 0 Å². The van der Waals surface area contributed by atoms with Crippen molar-refractivity contribution >= 4 is 15.9 Å². The molecule has 0 aliphatic carbocycles. The number of hydrogen-bond acceptors (Lipinski definition) is 1. The first kappa shape index (κ1) is 13.0. The fraction of sp³-hybridized carbons (Fsp3) is 0.538. The average Bonchev–Trinajstić information content (AvgIpc) is 2.30. The Morgan fingerprint density at radius 2 is 1.88 bits per heavy atom. The number of benzene rings is 1. The zero-order valence-corrected chi connectivity index (χ0v) is 11.1. The molecule has 0 amide bonds. The lowest BCUT2D eigenvalue weighted by molar-refractivity contribution is -0.0333. The van der Waals surface area contributed by atoms with Crippen molar-refractivity contribution in [2.75, 3.05) is 13.1 Å². The summed E-state index contributed by atoms with van der Waals surface area (Å²) >= 11 is 3.20. The second kappa shape index (κ2) is 5.44. The molecule has 94 valence electrons. The maximum Gasteiger partial charge on any atom is 0.274 e. The first-order valence-electron chi connectivity index (χ1n) is 5.93. The van der Waals surface area contributed by atoms with Gasteiger partial charge >= 0.3 is 0 Å². The molecule has 0 aromatic heterocycles. The number of halogens is 3. The number of rotatable bonds is 3. The van der Waals surface area contributed by atoms with Crippen LogP contribution in [0.4, 0.5) is 8.78 Å². The van der Waals surface area contributed by atoms with Crippen molar-refractivity contribution in [3.63, 3.8) is 0 Å². The van der Waals surface area contributed by atoms with Gasteiger partial charge in [-0.1, -0.05) is 34.1 Å². The molecular weight excluding hydrogens is 288 g/mol. The van der Waals surface area contributed by atoms with Gasteiger partial charge in [-0.25, -0.2) is 8.78 Å². The molecule has 1 aromatic carbocycles. The van der Waals surface area contributed by atoms with Crippen molar-refractivity contribution in [3.05, 3.63) is 34.3 Å². The van der Waals surface area contributed by atoms with Crippen molar-refractivity contribution in [2.24, 2.45) is 5.92 Å². The van der Waals surface area contributed by atoms with E-state index >= 15 is 0 Å². The molecule has 0 bridgehead atoms. The Morgan fingerprint density at radius 3 is 2.53 bits per heavy atom. The summed E-state index contributed by atoms with van der Waals surface area (Å²) in [7, 11) is 0. The van der Waals surface area contributed by atoms with Crippen LogP contribution in [0.5, 0.6) is 0 Å². The smallest absolute Gasteiger partial charge is 0.274 e. The molecule has 0 saturated carbocycles. The van der Waals surface area contributed by atoms with Crippen molar-refractivity contribution in [3.8, 4) is 0 Å². The van der Waals surface area contributed by atoms with E-state index in [2.05, 4.69) is 21.2 Å². The van der Waals surface area contributed by atoms with Crippen LogP contribution in [0.1, 0.15) is 24.8 Å². The summed E-state index contributed by atoms with van der Waals surface area (Å²) in [5.41, 5.74) is 0.110. The quantitative estimate of drug-likeness (QED) is 0.892. The van der Waals surface area contributed by atoms with Gasteiger partial charge in [0, 0.05) is 16.5 Å². The molecule has 1 heterocycles. The standard InChI is InChI=1S/C13H16BrF2N/c14-12-4-2-1-3-11(12)13(15,16)9-10-5-7-17-8-6-10/h1-4,10,17H,5-9H2. The maximum atomic E-state index is 14.2. The van der Waals surface area contributed by atoms with E-state index in [0.717, 1.165) is 25.9 Å². The topological polar surface area (TPSA) is 12.0 Å². The van der Waals surface area contributed by atoms with Gasteiger partial charge in [0.05, 0.1) is 0 Å². The van der Waals surface area contributed by atoms with Crippen LogP contribution < -0.4 is 5.32 Å². The van der Waals surface area contributed by atoms with Crippen molar-refractivity contribution in [1.29, 1.82) is 0 Å². The van der Waals surface area contributed by atoms with E-state index in [0.29, 0.717) is 4.47 Å². The van der Waals surface area contributed by atoms with Crippen LogP contribution >= 0.6 is 15.9 Å². The summed E-state index contributed by atoms with van der Waals surface area (Å²) < 4.78 is 28.8. The third kappa shape index (κ3) is 3.26. The second-order valence-corrected chi connectivity index (χ2v) is 5.44. The van der Waals surface area contributed by atoms with Crippen LogP contribution in [0.15, 0.2) is 28.7 Å². The number of hydrogen-bond donors (Lipinski definition) is 1. The Balaban J connectivity index is 2.10. The predicted molar refractivity (Wildman–Crippen MR) is 68.2 cm³/mol. The Kier molecular flexibility index (Phi) is 4.15. The van der Waals surface area contributed by atoms with E-state index in [1.54, 1.807) is 18.2 Å². The monoisotopic (exact) mass is 303 g/mol. The summed E-state index contributed by atoms with van der Waals surface area (Å²) in [6.07, 6.45) is 1.65. The van der Waals surface area contributed by atoms with Crippen LogP contribution in [0.3, 0.4) is 0 Å². The maximum absolute atomic E-state index is 14.2. The molecule has 0 unspecified atom stereocenters. The number of nitrogens with one attached hydrogen (secondary N) is 1. The van der Waals surface area contributed by atoms with Crippen LogP contribution in [0.25, 0.3) is 0 Å². The van der Waals surface area contributed by atoms with Crippen molar-refractivity contribution < 1.29 is 8.78 Å². The minimum Gasteiger partial charge on any atom is -0.317 e. The molecule has 1 aliphatic rings. The third-order valence-corrected chi connectivity index (χ3v) is 3.96. The third-order valence-electron chi connectivity index (χ3n) is 3.27.